The van der Waals surface area contributed by atoms with Gasteiger partial charge in [-0.05, 0) is 68.8 Å². The molecule has 0 saturated carbocycles. The Morgan fingerprint density at radius 1 is 0.939 bits per heavy atom. The molecule has 2 heterocycles. The summed E-state index contributed by atoms with van der Waals surface area (Å²) >= 11 is 3.47. The second-order valence-electron chi connectivity index (χ2n) is 8.27. The number of benzene rings is 3. The van der Waals surface area contributed by atoms with Crippen LogP contribution in [0.3, 0.4) is 0 Å². The summed E-state index contributed by atoms with van der Waals surface area (Å²) in [5.41, 5.74) is 7.77. The van der Waals surface area contributed by atoms with Crippen molar-refractivity contribution in [3.8, 4) is 22.8 Å². The molecule has 1 aliphatic rings. The van der Waals surface area contributed by atoms with Gasteiger partial charge in [0, 0.05) is 21.3 Å². The first-order valence-corrected chi connectivity index (χ1v) is 11.9. The third-order valence-corrected chi connectivity index (χ3v) is 6.27. The van der Waals surface area contributed by atoms with E-state index in [1.54, 1.807) is 0 Å². The first-order chi connectivity index (χ1) is 16.0. The molecule has 0 fully saturated rings. The van der Waals surface area contributed by atoms with Gasteiger partial charge in [-0.1, -0.05) is 45.8 Å². The molecule has 0 aliphatic carbocycles. The molecule has 3 aromatic carbocycles. The van der Waals surface area contributed by atoms with Crippen molar-refractivity contribution in [2.75, 3.05) is 11.9 Å². The first-order valence-electron chi connectivity index (χ1n) is 11.1. The molecule has 0 spiro atoms. The largest absolute Gasteiger partial charge is 0.490 e. The molecule has 168 valence electrons. The van der Waals surface area contributed by atoms with E-state index in [9.17, 15) is 0 Å². The molecule has 1 aliphatic heterocycles. The Labute approximate surface area is 202 Å². The van der Waals surface area contributed by atoms with E-state index < -0.39 is 0 Å². The number of fused-ring (bicyclic) bond motifs is 3. The fraction of sp³-hybridized carbons (Fsp3) is 0.222. The Kier molecular flexibility index (Phi) is 5.85. The zero-order valence-corrected chi connectivity index (χ0v) is 20.5. The maximum atomic E-state index is 6.12. The predicted octanol–water partition coefficient (Wildman–Crippen LogP) is 6.88. The Morgan fingerprint density at radius 2 is 1.76 bits per heavy atom. The number of halogens is 1. The smallest absolute Gasteiger partial charge is 0.161 e. The second kappa shape index (κ2) is 8.94. The van der Waals surface area contributed by atoms with E-state index in [-0.39, 0.29) is 6.17 Å². The normalized spacial score (nSPS) is 14.2. The molecule has 6 heteroatoms. The summed E-state index contributed by atoms with van der Waals surface area (Å²) in [6.07, 6.45) is -0.136. The van der Waals surface area contributed by atoms with E-state index in [2.05, 4.69) is 69.3 Å². The number of nitrogens with one attached hydrogen (secondary N) is 1. The Hall–Kier alpha value is -3.25. The molecular formula is C27H26BrN3O2. The van der Waals surface area contributed by atoms with Crippen LogP contribution in [0.4, 0.5) is 5.69 Å². The molecule has 33 heavy (non-hydrogen) atoms. The predicted molar refractivity (Wildman–Crippen MR) is 135 cm³/mol. The lowest BCUT2D eigenvalue weighted by molar-refractivity contribution is 0.269. The molecule has 1 aromatic heterocycles. The number of aromatic nitrogens is 2. The van der Waals surface area contributed by atoms with Crippen molar-refractivity contribution in [2.45, 2.75) is 33.5 Å². The number of nitrogens with zero attached hydrogens (tertiary/aromatic N) is 2. The number of hydrogen-bond donors (Lipinski definition) is 1. The van der Waals surface area contributed by atoms with Gasteiger partial charge in [-0.15, -0.1) is 0 Å². The summed E-state index contributed by atoms with van der Waals surface area (Å²) in [6.45, 7) is 7.16. The van der Waals surface area contributed by atoms with E-state index in [1.807, 2.05) is 44.2 Å². The Balaban J connectivity index is 1.47. The van der Waals surface area contributed by atoms with Crippen LogP contribution in [0.25, 0.3) is 11.3 Å². The molecule has 0 amide bonds. The van der Waals surface area contributed by atoms with Gasteiger partial charge in [-0.25, -0.2) is 4.68 Å². The fourth-order valence-electron chi connectivity index (χ4n) is 4.17. The summed E-state index contributed by atoms with van der Waals surface area (Å²) in [7, 11) is 0. The summed E-state index contributed by atoms with van der Waals surface area (Å²) in [5.74, 6) is 1.46. The van der Waals surface area contributed by atoms with Gasteiger partial charge in [-0.2, -0.15) is 5.10 Å². The molecule has 0 saturated heterocycles. The highest BCUT2D eigenvalue weighted by Gasteiger charge is 2.27. The van der Waals surface area contributed by atoms with E-state index in [1.165, 1.54) is 11.1 Å². The van der Waals surface area contributed by atoms with E-state index in [0.29, 0.717) is 13.2 Å². The third kappa shape index (κ3) is 4.35. The van der Waals surface area contributed by atoms with Crippen molar-refractivity contribution in [1.82, 2.24) is 9.78 Å². The Morgan fingerprint density at radius 3 is 2.55 bits per heavy atom. The Bertz CT molecular complexity index is 1300. The lowest BCUT2D eigenvalue weighted by Crippen LogP contribution is -2.25. The highest BCUT2D eigenvalue weighted by Crippen LogP contribution is 2.41. The van der Waals surface area contributed by atoms with Crippen LogP contribution in [0.2, 0.25) is 0 Å². The maximum Gasteiger partial charge on any atom is 0.161 e. The molecule has 1 N–H and O–H groups in total. The van der Waals surface area contributed by atoms with Crippen molar-refractivity contribution in [2.24, 2.45) is 0 Å². The van der Waals surface area contributed by atoms with Crippen LogP contribution in [0, 0.1) is 13.8 Å². The van der Waals surface area contributed by atoms with Crippen LogP contribution in [0.1, 0.15) is 35.5 Å². The third-order valence-electron chi connectivity index (χ3n) is 5.74. The van der Waals surface area contributed by atoms with Crippen LogP contribution in [0.15, 0.2) is 71.2 Å². The van der Waals surface area contributed by atoms with Crippen molar-refractivity contribution in [3.05, 3.63) is 93.6 Å². The van der Waals surface area contributed by atoms with Gasteiger partial charge in [0.15, 0.2) is 11.5 Å². The minimum Gasteiger partial charge on any atom is -0.490 e. The van der Waals surface area contributed by atoms with Crippen LogP contribution in [-0.2, 0) is 6.61 Å². The fourth-order valence-corrected chi connectivity index (χ4v) is 4.43. The minimum absolute atomic E-state index is 0.136. The second-order valence-corrected chi connectivity index (χ2v) is 9.18. The molecule has 0 bridgehead atoms. The average Bonchev–Trinajstić information content (AvgIpc) is 3.21. The monoisotopic (exact) mass is 503 g/mol. The number of hydrogen-bond acceptors (Lipinski definition) is 4. The topological polar surface area (TPSA) is 48.3 Å². The van der Waals surface area contributed by atoms with Gasteiger partial charge in [0.05, 0.1) is 18.0 Å². The van der Waals surface area contributed by atoms with Crippen LogP contribution >= 0.6 is 15.9 Å². The summed E-state index contributed by atoms with van der Waals surface area (Å²) < 4.78 is 15.2. The molecule has 1 unspecified atom stereocenters. The van der Waals surface area contributed by atoms with Gasteiger partial charge in [-0.3, -0.25) is 0 Å². The van der Waals surface area contributed by atoms with Gasteiger partial charge >= 0.3 is 0 Å². The van der Waals surface area contributed by atoms with Gasteiger partial charge in [0.25, 0.3) is 0 Å². The quantitative estimate of drug-likeness (QED) is 0.311. The first kappa shape index (κ1) is 21.6. The van der Waals surface area contributed by atoms with Gasteiger partial charge in [0.2, 0.25) is 0 Å². The zero-order chi connectivity index (χ0) is 22.9. The lowest BCUT2D eigenvalue weighted by atomic mass is 10.0. The highest BCUT2D eigenvalue weighted by molar-refractivity contribution is 9.10. The molecule has 5 nitrogen and oxygen atoms in total. The highest BCUT2D eigenvalue weighted by atomic mass is 79.9. The molecule has 0 radical (unpaired) electrons. The van der Waals surface area contributed by atoms with Crippen molar-refractivity contribution >= 4 is 21.6 Å². The average molecular weight is 504 g/mol. The summed E-state index contributed by atoms with van der Waals surface area (Å²) in [4.78, 5) is 0. The van der Waals surface area contributed by atoms with E-state index in [4.69, 9.17) is 14.6 Å². The van der Waals surface area contributed by atoms with Crippen LogP contribution in [-0.4, -0.2) is 16.4 Å². The molecular weight excluding hydrogens is 478 g/mol. The zero-order valence-electron chi connectivity index (χ0n) is 18.9. The van der Waals surface area contributed by atoms with E-state index >= 15 is 0 Å². The maximum absolute atomic E-state index is 6.12. The van der Waals surface area contributed by atoms with Gasteiger partial charge in [0.1, 0.15) is 12.8 Å². The minimum atomic E-state index is -0.136. The van der Waals surface area contributed by atoms with Crippen molar-refractivity contribution in [1.29, 1.82) is 0 Å². The number of anilines is 1. The number of rotatable bonds is 6. The number of ether oxygens (including phenoxy) is 2. The summed E-state index contributed by atoms with van der Waals surface area (Å²) in [5, 5.41) is 8.46. The lowest BCUT2D eigenvalue weighted by Gasteiger charge is -2.30. The number of aryl methyl sites for hydroxylation is 2. The van der Waals surface area contributed by atoms with E-state index in [0.717, 1.165) is 44.2 Å². The SMILES string of the molecule is CCOc1cc(C2Nc3ccc(C)cc3-c3cc(C)nn32)ccc1OCc1ccc(Br)cc1. The van der Waals surface area contributed by atoms with Gasteiger partial charge < -0.3 is 14.8 Å². The molecule has 5 rings (SSSR count). The molecule has 4 aromatic rings. The van der Waals surface area contributed by atoms with Crippen molar-refractivity contribution in [3.63, 3.8) is 0 Å². The van der Waals surface area contributed by atoms with Crippen LogP contribution < -0.4 is 14.8 Å². The standard InChI is InChI=1S/C27H26BrN3O2/c1-4-32-26-15-20(8-12-25(26)33-16-19-6-9-21(28)10-7-19)27-29-23-11-5-17(2)13-22(23)24-14-18(3)30-31(24)27/h5-15,27,29H,4,16H2,1-3H3. The summed E-state index contributed by atoms with van der Waals surface area (Å²) in [6, 6.07) is 22.9. The molecule has 1 atom stereocenters. The van der Waals surface area contributed by atoms with Crippen LogP contribution in [0.5, 0.6) is 11.5 Å². The van der Waals surface area contributed by atoms with Crippen molar-refractivity contribution < 1.29 is 9.47 Å².